The van der Waals surface area contributed by atoms with Crippen LogP contribution >= 0.6 is 0 Å². The Bertz CT molecular complexity index is 238. The molecule has 0 aromatic heterocycles. The lowest BCUT2D eigenvalue weighted by molar-refractivity contribution is -0.127. The molecule has 1 aliphatic heterocycles. The van der Waals surface area contributed by atoms with Crippen molar-refractivity contribution in [2.45, 2.75) is 32.9 Å². The van der Waals surface area contributed by atoms with Gasteiger partial charge in [-0.3, -0.25) is 14.6 Å². The highest BCUT2D eigenvalue weighted by molar-refractivity contribution is 5.81. The molecule has 1 amide bonds. The number of aliphatic hydroxyl groups excluding tert-OH is 1. The molecule has 0 aromatic carbocycles. The molecule has 2 N–H and O–H groups in total. The molecule has 17 heavy (non-hydrogen) atoms. The van der Waals surface area contributed by atoms with Crippen molar-refractivity contribution in [1.82, 2.24) is 15.1 Å². The SMILES string of the molecule is CC(C)NC(=O)C(C)N1CCN(CCO)CC1. The average Bonchev–Trinajstić information content (AvgIpc) is 2.28. The van der Waals surface area contributed by atoms with E-state index in [1.165, 1.54) is 0 Å². The molecule has 100 valence electrons. The zero-order valence-electron chi connectivity index (χ0n) is 11.1. The maximum atomic E-state index is 11.9. The lowest BCUT2D eigenvalue weighted by Crippen LogP contribution is -2.54. The molecule has 1 saturated heterocycles. The Kier molecular flexibility index (Phi) is 5.88. The standard InChI is InChI=1S/C12H25N3O2/c1-10(2)13-12(17)11(3)15-6-4-14(5-7-15)8-9-16/h10-11,16H,4-9H2,1-3H3,(H,13,17). The Hall–Kier alpha value is -0.650. The Morgan fingerprint density at radius 3 is 2.29 bits per heavy atom. The molecule has 0 radical (unpaired) electrons. The van der Waals surface area contributed by atoms with E-state index in [2.05, 4.69) is 15.1 Å². The fraction of sp³-hybridized carbons (Fsp3) is 0.917. The molecular weight excluding hydrogens is 218 g/mol. The van der Waals surface area contributed by atoms with Gasteiger partial charge in [-0.2, -0.15) is 0 Å². The molecule has 0 spiro atoms. The number of nitrogens with zero attached hydrogens (tertiary/aromatic N) is 2. The maximum Gasteiger partial charge on any atom is 0.237 e. The summed E-state index contributed by atoms with van der Waals surface area (Å²) in [4.78, 5) is 16.3. The highest BCUT2D eigenvalue weighted by Crippen LogP contribution is 2.06. The predicted molar refractivity (Wildman–Crippen MR) is 67.8 cm³/mol. The van der Waals surface area contributed by atoms with Gasteiger partial charge in [0, 0.05) is 38.8 Å². The third-order valence-electron chi connectivity index (χ3n) is 3.18. The molecule has 5 nitrogen and oxygen atoms in total. The Labute approximate surface area is 104 Å². The van der Waals surface area contributed by atoms with Crippen LogP contribution in [0.3, 0.4) is 0 Å². The maximum absolute atomic E-state index is 11.9. The summed E-state index contributed by atoms with van der Waals surface area (Å²) in [6.07, 6.45) is 0. The number of carbonyl (C=O) groups is 1. The highest BCUT2D eigenvalue weighted by atomic mass is 16.3. The third-order valence-corrected chi connectivity index (χ3v) is 3.18. The monoisotopic (exact) mass is 243 g/mol. The second-order valence-electron chi connectivity index (χ2n) is 4.94. The van der Waals surface area contributed by atoms with Gasteiger partial charge in [0.15, 0.2) is 0 Å². The molecular formula is C12H25N3O2. The third kappa shape index (κ3) is 4.61. The summed E-state index contributed by atoms with van der Waals surface area (Å²) >= 11 is 0. The van der Waals surface area contributed by atoms with Crippen LogP contribution in [0.15, 0.2) is 0 Å². The average molecular weight is 243 g/mol. The summed E-state index contributed by atoms with van der Waals surface area (Å²) in [5.41, 5.74) is 0. The fourth-order valence-electron chi connectivity index (χ4n) is 2.09. The lowest BCUT2D eigenvalue weighted by atomic mass is 10.2. The van der Waals surface area contributed by atoms with E-state index in [1.54, 1.807) is 0 Å². The molecule has 1 rings (SSSR count). The van der Waals surface area contributed by atoms with E-state index in [4.69, 9.17) is 5.11 Å². The van der Waals surface area contributed by atoms with Gasteiger partial charge >= 0.3 is 0 Å². The van der Waals surface area contributed by atoms with E-state index in [0.717, 1.165) is 32.7 Å². The number of nitrogens with one attached hydrogen (secondary N) is 1. The second-order valence-corrected chi connectivity index (χ2v) is 4.94. The highest BCUT2D eigenvalue weighted by Gasteiger charge is 2.25. The first-order valence-electron chi connectivity index (χ1n) is 6.42. The fourth-order valence-corrected chi connectivity index (χ4v) is 2.09. The van der Waals surface area contributed by atoms with Gasteiger partial charge in [0.25, 0.3) is 0 Å². The van der Waals surface area contributed by atoms with Crippen molar-refractivity contribution >= 4 is 5.91 Å². The number of carbonyl (C=O) groups excluding carboxylic acids is 1. The molecule has 1 fully saturated rings. The summed E-state index contributed by atoms with van der Waals surface area (Å²) in [6.45, 7) is 10.5. The van der Waals surface area contributed by atoms with E-state index in [0.29, 0.717) is 0 Å². The summed E-state index contributed by atoms with van der Waals surface area (Å²) in [5, 5.41) is 11.8. The molecule has 0 saturated carbocycles. The van der Waals surface area contributed by atoms with Gasteiger partial charge in [0.1, 0.15) is 0 Å². The number of piperazine rings is 1. The molecule has 1 unspecified atom stereocenters. The molecule has 0 bridgehead atoms. The normalized spacial score (nSPS) is 20.5. The lowest BCUT2D eigenvalue weighted by Gasteiger charge is -2.37. The summed E-state index contributed by atoms with van der Waals surface area (Å²) in [6, 6.07) is 0.134. The van der Waals surface area contributed by atoms with Crippen molar-refractivity contribution in [3.05, 3.63) is 0 Å². The van der Waals surface area contributed by atoms with Crippen LogP contribution in [0, 0.1) is 0 Å². The largest absolute Gasteiger partial charge is 0.395 e. The minimum absolute atomic E-state index is 0.0614. The van der Waals surface area contributed by atoms with Crippen molar-refractivity contribution in [3.8, 4) is 0 Å². The zero-order valence-corrected chi connectivity index (χ0v) is 11.1. The first-order valence-corrected chi connectivity index (χ1v) is 6.42. The Morgan fingerprint density at radius 2 is 1.82 bits per heavy atom. The van der Waals surface area contributed by atoms with E-state index in [1.807, 2.05) is 20.8 Å². The molecule has 1 heterocycles. The number of hydrogen-bond acceptors (Lipinski definition) is 4. The second kappa shape index (κ2) is 6.93. The van der Waals surface area contributed by atoms with Gasteiger partial charge in [-0.1, -0.05) is 0 Å². The summed E-state index contributed by atoms with van der Waals surface area (Å²) in [5.74, 6) is 0.107. The van der Waals surface area contributed by atoms with E-state index < -0.39 is 0 Å². The van der Waals surface area contributed by atoms with Gasteiger partial charge < -0.3 is 10.4 Å². The topological polar surface area (TPSA) is 55.8 Å². The van der Waals surface area contributed by atoms with Gasteiger partial charge in [-0.25, -0.2) is 0 Å². The minimum atomic E-state index is -0.0614. The zero-order chi connectivity index (χ0) is 12.8. The Morgan fingerprint density at radius 1 is 1.24 bits per heavy atom. The quantitative estimate of drug-likeness (QED) is 0.684. The van der Waals surface area contributed by atoms with Crippen molar-refractivity contribution in [1.29, 1.82) is 0 Å². The van der Waals surface area contributed by atoms with Crippen LogP contribution in [0.4, 0.5) is 0 Å². The van der Waals surface area contributed by atoms with Crippen LogP contribution in [0.2, 0.25) is 0 Å². The number of hydrogen-bond donors (Lipinski definition) is 2. The van der Waals surface area contributed by atoms with Crippen molar-refractivity contribution in [2.24, 2.45) is 0 Å². The van der Waals surface area contributed by atoms with Crippen LogP contribution in [0.25, 0.3) is 0 Å². The molecule has 0 aromatic rings. The number of β-amino-alcohol motifs (C(OH)–C–C–N with tert-alkyl or cyclic N) is 1. The number of amides is 1. The smallest absolute Gasteiger partial charge is 0.237 e. The van der Waals surface area contributed by atoms with Crippen LogP contribution < -0.4 is 5.32 Å². The predicted octanol–water partition coefficient (Wildman–Crippen LogP) is -0.491. The van der Waals surface area contributed by atoms with E-state index in [-0.39, 0.29) is 24.6 Å². The van der Waals surface area contributed by atoms with Crippen LogP contribution in [0.1, 0.15) is 20.8 Å². The number of rotatable bonds is 5. The summed E-state index contributed by atoms with van der Waals surface area (Å²) < 4.78 is 0. The van der Waals surface area contributed by atoms with Crippen molar-refractivity contribution < 1.29 is 9.90 Å². The number of aliphatic hydroxyl groups is 1. The van der Waals surface area contributed by atoms with E-state index >= 15 is 0 Å². The van der Waals surface area contributed by atoms with Gasteiger partial charge in [-0.15, -0.1) is 0 Å². The van der Waals surface area contributed by atoms with Crippen molar-refractivity contribution in [3.63, 3.8) is 0 Å². The van der Waals surface area contributed by atoms with Gasteiger partial charge in [-0.05, 0) is 20.8 Å². The molecule has 5 heteroatoms. The van der Waals surface area contributed by atoms with Crippen molar-refractivity contribution in [2.75, 3.05) is 39.3 Å². The van der Waals surface area contributed by atoms with Crippen LogP contribution in [0.5, 0.6) is 0 Å². The first kappa shape index (κ1) is 14.4. The van der Waals surface area contributed by atoms with Crippen LogP contribution in [-0.4, -0.2) is 72.2 Å². The minimum Gasteiger partial charge on any atom is -0.395 e. The Balaban J connectivity index is 2.35. The van der Waals surface area contributed by atoms with Crippen LogP contribution in [-0.2, 0) is 4.79 Å². The summed E-state index contributed by atoms with van der Waals surface area (Å²) in [7, 11) is 0. The molecule has 1 aliphatic rings. The van der Waals surface area contributed by atoms with Gasteiger partial charge in [0.2, 0.25) is 5.91 Å². The first-order chi connectivity index (χ1) is 8.04. The molecule has 1 atom stereocenters. The van der Waals surface area contributed by atoms with E-state index in [9.17, 15) is 4.79 Å². The molecule has 0 aliphatic carbocycles. The van der Waals surface area contributed by atoms with Gasteiger partial charge in [0.05, 0.1) is 12.6 Å².